The Morgan fingerprint density at radius 3 is 2.50 bits per heavy atom. The summed E-state index contributed by atoms with van der Waals surface area (Å²) in [5.41, 5.74) is 0.382. The highest BCUT2D eigenvalue weighted by atomic mass is 16.2. The highest BCUT2D eigenvalue weighted by Crippen LogP contribution is 2.32. The molecule has 3 rings (SSSR count). The van der Waals surface area contributed by atoms with Gasteiger partial charge in [-0.2, -0.15) is 0 Å². The van der Waals surface area contributed by atoms with Crippen molar-refractivity contribution in [3.63, 3.8) is 0 Å². The molecule has 24 heavy (non-hydrogen) atoms. The third-order valence-corrected chi connectivity index (χ3v) is 6.68. The van der Waals surface area contributed by atoms with Gasteiger partial charge in [0, 0.05) is 50.7 Å². The van der Waals surface area contributed by atoms with Gasteiger partial charge in [-0.15, -0.1) is 0 Å². The summed E-state index contributed by atoms with van der Waals surface area (Å²) in [6.07, 6.45) is 4.40. The first-order chi connectivity index (χ1) is 11.4. The largest absolute Gasteiger partial charge is 0.340 e. The lowest BCUT2D eigenvalue weighted by atomic mass is 9.83. The molecule has 0 aliphatic carbocycles. The van der Waals surface area contributed by atoms with Crippen molar-refractivity contribution < 1.29 is 4.79 Å². The smallest absolute Gasteiger partial charge is 0.222 e. The van der Waals surface area contributed by atoms with Crippen LogP contribution in [0.4, 0.5) is 0 Å². The summed E-state index contributed by atoms with van der Waals surface area (Å²) in [4.78, 5) is 22.0. The summed E-state index contributed by atoms with van der Waals surface area (Å²) in [6, 6.07) is 0.341. The number of carbonyl (C=O) groups excluding carboxylic acids is 1. The number of piperazine rings is 1. The normalized spacial score (nSPS) is 30.5. The lowest BCUT2D eigenvalue weighted by Gasteiger charge is -2.53. The topological polar surface area (TPSA) is 30.0 Å². The second-order valence-corrected chi connectivity index (χ2v) is 8.73. The van der Waals surface area contributed by atoms with E-state index in [1.54, 1.807) is 0 Å². The molecular formula is C19H36N4O. The Morgan fingerprint density at radius 2 is 1.83 bits per heavy atom. The SMILES string of the molecule is CC(C)N1CC(CN2CCN(C)C3(CCN(C)CC3)C2)CCC1=O. The highest BCUT2D eigenvalue weighted by Gasteiger charge is 2.42. The molecule has 0 N–H and O–H groups in total. The van der Waals surface area contributed by atoms with Crippen LogP contribution >= 0.6 is 0 Å². The first kappa shape index (κ1) is 18.2. The van der Waals surface area contributed by atoms with Crippen LogP contribution in [0, 0.1) is 5.92 Å². The number of hydrogen-bond acceptors (Lipinski definition) is 4. The van der Waals surface area contributed by atoms with E-state index in [0.717, 1.165) is 19.4 Å². The Kier molecular flexibility index (Phi) is 5.52. The zero-order valence-corrected chi connectivity index (χ0v) is 16.1. The maximum absolute atomic E-state index is 12.1. The highest BCUT2D eigenvalue weighted by molar-refractivity contribution is 5.77. The van der Waals surface area contributed by atoms with Crippen molar-refractivity contribution in [1.82, 2.24) is 19.6 Å². The molecule has 3 aliphatic rings. The van der Waals surface area contributed by atoms with Gasteiger partial charge in [0.2, 0.25) is 5.91 Å². The molecule has 0 aromatic carbocycles. The van der Waals surface area contributed by atoms with Crippen LogP contribution in [0.3, 0.4) is 0 Å². The Morgan fingerprint density at radius 1 is 1.12 bits per heavy atom. The van der Waals surface area contributed by atoms with E-state index in [1.807, 2.05) is 0 Å². The van der Waals surface area contributed by atoms with E-state index >= 15 is 0 Å². The minimum Gasteiger partial charge on any atom is -0.340 e. The molecule has 0 radical (unpaired) electrons. The molecule has 138 valence electrons. The maximum Gasteiger partial charge on any atom is 0.222 e. The van der Waals surface area contributed by atoms with Crippen LogP contribution in [0.25, 0.3) is 0 Å². The van der Waals surface area contributed by atoms with E-state index in [0.29, 0.717) is 23.4 Å². The molecule has 0 aromatic rings. The van der Waals surface area contributed by atoms with E-state index < -0.39 is 0 Å². The van der Waals surface area contributed by atoms with Gasteiger partial charge in [-0.05, 0) is 66.2 Å². The van der Waals surface area contributed by atoms with Gasteiger partial charge in [0.15, 0.2) is 0 Å². The van der Waals surface area contributed by atoms with Crippen LogP contribution in [0.2, 0.25) is 0 Å². The van der Waals surface area contributed by atoms with E-state index in [-0.39, 0.29) is 0 Å². The summed E-state index contributed by atoms with van der Waals surface area (Å²) in [7, 11) is 4.56. The molecule has 3 fully saturated rings. The molecule has 3 heterocycles. The summed E-state index contributed by atoms with van der Waals surface area (Å²) >= 11 is 0. The number of likely N-dealkylation sites (N-methyl/N-ethyl adjacent to an activating group) is 1. The first-order valence-electron chi connectivity index (χ1n) is 9.81. The van der Waals surface area contributed by atoms with E-state index in [1.165, 1.54) is 52.1 Å². The van der Waals surface area contributed by atoms with Gasteiger partial charge in [-0.1, -0.05) is 0 Å². The molecule has 1 spiro atoms. The quantitative estimate of drug-likeness (QED) is 0.778. The molecule has 0 aromatic heterocycles. The van der Waals surface area contributed by atoms with Crippen LogP contribution in [-0.2, 0) is 4.79 Å². The molecule has 3 saturated heterocycles. The van der Waals surface area contributed by atoms with Crippen molar-refractivity contribution in [3.05, 3.63) is 0 Å². The lowest BCUT2D eigenvalue weighted by molar-refractivity contribution is -0.137. The van der Waals surface area contributed by atoms with Crippen molar-refractivity contribution in [2.45, 2.75) is 51.1 Å². The molecule has 3 aliphatic heterocycles. The second kappa shape index (κ2) is 7.30. The predicted octanol–water partition coefficient (Wildman–Crippen LogP) is 1.35. The van der Waals surface area contributed by atoms with E-state index in [9.17, 15) is 4.79 Å². The molecule has 5 nitrogen and oxygen atoms in total. The molecule has 1 atom stereocenters. The molecule has 0 saturated carbocycles. The second-order valence-electron chi connectivity index (χ2n) is 8.73. The summed E-state index contributed by atoms with van der Waals surface area (Å²) < 4.78 is 0. The number of carbonyl (C=O) groups is 1. The molecular weight excluding hydrogens is 300 g/mol. The van der Waals surface area contributed by atoms with Crippen LogP contribution < -0.4 is 0 Å². The van der Waals surface area contributed by atoms with Gasteiger partial charge >= 0.3 is 0 Å². The van der Waals surface area contributed by atoms with Crippen LogP contribution in [-0.4, -0.2) is 97.0 Å². The average molecular weight is 337 g/mol. The van der Waals surface area contributed by atoms with Gasteiger partial charge in [-0.3, -0.25) is 14.6 Å². The van der Waals surface area contributed by atoms with E-state index in [4.69, 9.17) is 0 Å². The molecule has 0 bridgehead atoms. The van der Waals surface area contributed by atoms with Crippen LogP contribution in [0.15, 0.2) is 0 Å². The zero-order valence-electron chi connectivity index (χ0n) is 16.1. The minimum atomic E-state index is 0.341. The Bertz CT molecular complexity index is 445. The first-order valence-corrected chi connectivity index (χ1v) is 9.81. The number of nitrogens with zero attached hydrogens (tertiary/aromatic N) is 4. The fourth-order valence-corrected chi connectivity index (χ4v) is 4.83. The summed E-state index contributed by atoms with van der Waals surface area (Å²) in [5.74, 6) is 1.00. The number of rotatable bonds is 3. The summed E-state index contributed by atoms with van der Waals surface area (Å²) in [5, 5.41) is 0. The van der Waals surface area contributed by atoms with Gasteiger partial charge in [0.05, 0.1) is 0 Å². The van der Waals surface area contributed by atoms with E-state index in [2.05, 4.69) is 47.5 Å². The van der Waals surface area contributed by atoms with Crippen molar-refractivity contribution >= 4 is 5.91 Å². The standard InChI is InChI=1S/C19H36N4O/c1-16(2)23-14-17(5-6-18(23)24)13-22-12-11-21(4)19(15-22)7-9-20(3)10-8-19/h16-17H,5-15H2,1-4H3. The number of piperidine rings is 2. The van der Waals surface area contributed by atoms with Crippen molar-refractivity contribution in [3.8, 4) is 0 Å². The fraction of sp³-hybridized carbons (Fsp3) is 0.947. The monoisotopic (exact) mass is 336 g/mol. The predicted molar refractivity (Wildman–Crippen MR) is 98.1 cm³/mol. The average Bonchev–Trinajstić information content (AvgIpc) is 2.55. The third-order valence-electron chi connectivity index (χ3n) is 6.68. The van der Waals surface area contributed by atoms with Gasteiger partial charge in [0.25, 0.3) is 0 Å². The molecule has 1 unspecified atom stereocenters. The number of hydrogen-bond donors (Lipinski definition) is 0. The lowest BCUT2D eigenvalue weighted by Crippen LogP contribution is -2.64. The Balaban J connectivity index is 1.58. The number of amides is 1. The maximum atomic E-state index is 12.1. The van der Waals surface area contributed by atoms with Gasteiger partial charge in [-0.25, -0.2) is 0 Å². The van der Waals surface area contributed by atoms with Crippen LogP contribution in [0.5, 0.6) is 0 Å². The van der Waals surface area contributed by atoms with Crippen molar-refractivity contribution in [2.75, 3.05) is 59.9 Å². The van der Waals surface area contributed by atoms with Gasteiger partial charge < -0.3 is 9.80 Å². The summed E-state index contributed by atoms with van der Waals surface area (Å²) in [6.45, 7) is 12.4. The molecule has 1 amide bonds. The van der Waals surface area contributed by atoms with Crippen LogP contribution in [0.1, 0.15) is 39.5 Å². The molecule has 5 heteroatoms. The minimum absolute atomic E-state index is 0.341. The Labute approximate surface area is 147 Å². The van der Waals surface area contributed by atoms with Gasteiger partial charge in [0.1, 0.15) is 0 Å². The fourth-order valence-electron chi connectivity index (χ4n) is 4.83. The van der Waals surface area contributed by atoms with Crippen molar-refractivity contribution in [2.24, 2.45) is 5.92 Å². The Hall–Kier alpha value is -0.650. The van der Waals surface area contributed by atoms with Crippen molar-refractivity contribution in [1.29, 1.82) is 0 Å². The zero-order chi connectivity index (χ0) is 17.3. The third kappa shape index (κ3) is 3.78. The number of likely N-dealkylation sites (tertiary alicyclic amines) is 2.